The molecule has 4 rings (SSSR count). The molecule has 0 saturated carbocycles. The Labute approximate surface area is 150 Å². The van der Waals surface area contributed by atoms with Gasteiger partial charge in [-0.1, -0.05) is 29.8 Å². The summed E-state index contributed by atoms with van der Waals surface area (Å²) in [6.07, 6.45) is 3.52. The molecule has 4 aromatic rings. The van der Waals surface area contributed by atoms with Gasteiger partial charge >= 0.3 is 0 Å². The van der Waals surface area contributed by atoms with Crippen LogP contribution in [0.25, 0.3) is 21.8 Å². The summed E-state index contributed by atoms with van der Waals surface area (Å²) in [7, 11) is 0. The number of aromatic nitrogens is 2. The van der Waals surface area contributed by atoms with Gasteiger partial charge in [-0.3, -0.25) is 9.78 Å². The summed E-state index contributed by atoms with van der Waals surface area (Å²) in [4.78, 5) is 20.3. The number of fused-ring (bicyclic) bond motifs is 2. The second-order valence-electron chi connectivity index (χ2n) is 6.32. The van der Waals surface area contributed by atoms with Crippen molar-refractivity contribution in [1.82, 2.24) is 15.4 Å². The lowest BCUT2D eigenvalue weighted by Crippen LogP contribution is -2.18. The van der Waals surface area contributed by atoms with Crippen LogP contribution in [0.4, 0.5) is 0 Å². The summed E-state index contributed by atoms with van der Waals surface area (Å²) >= 11 is 0. The molecular formula is C21H18N4O. The molecule has 0 fully saturated rings. The number of rotatable bonds is 3. The first-order valence-corrected chi connectivity index (χ1v) is 8.39. The van der Waals surface area contributed by atoms with Gasteiger partial charge in [0.2, 0.25) is 0 Å². The number of pyridine rings is 1. The zero-order chi connectivity index (χ0) is 18.1. The first-order chi connectivity index (χ1) is 12.6. The number of carbonyl (C=O) groups excluding carboxylic acids is 1. The van der Waals surface area contributed by atoms with Gasteiger partial charge < -0.3 is 4.98 Å². The minimum Gasteiger partial charge on any atom is -0.361 e. The van der Waals surface area contributed by atoms with E-state index in [0.717, 1.165) is 38.6 Å². The molecule has 0 unspecified atom stereocenters. The number of hydrogen-bond donors (Lipinski definition) is 2. The number of aryl methyl sites for hydroxylation is 2. The predicted octanol–water partition coefficient (Wildman–Crippen LogP) is 4.10. The van der Waals surface area contributed by atoms with Crippen LogP contribution in [0.15, 0.2) is 59.8 Å². The van der Waals surface area contributed by atoms with Gasteiger partial charge in [0.05, 0.1) is 17.3 Å². The molecule has 0 spiro atoms. The fourth-order valence-electron chi connectivity index (χ4n) is 3.08. The molecule has 128 valence electrons. The molecule has 2 aromatic carbocycles. The highest BCUT2D eigenvalue weighted by Gasteiger charge is 2.11. The number of nitrogens with one attached hydrogen (secondary N) is 2. The molecule has 0 aliphatic heterocycles. The summed E-state index contributed by atoms with van der Waals surface area (Å²) in [5.41, 5.74) is 7.85. The van der Waals surface area contributed by atoms with E-state index in [2.05, 4.69) is 20.5 Å². The van der Waals surface area contributed by atoms with Gasteiger partial charge in [0, 0.05) is 33.7 Å². The third kappa shape index (κ3) is 2.95. The Hall–Kier alpha value is -3.47. The van der Waals surface area contributed by atoms with E-state index in [4.69, 9.17) is 0 Å². The van der Waals surface area contributed by atoms with E-state index >= 15 is 0 Å². The average Bonchev–Trinajstić information content (AvgIpc) is 3.04. The number of aromatic amines is 1. The van der Waals surface area contributed by atoms with Gasteiger partial charge in [0.15, 0.2) is 0 Å². The fraction of sp³-hybridized carbons (Fsp3) is 0.0952. The van der Waals surface area contributed by atoms with Crippen LogP contribution in [0.5, 0.6) is 0 Å². The SMILES string of the molecule is Cc1ccc2nc(C)cc(C(=O)N/N=C/c3c[nH]c4ccccc34)c2c1. The minimum atomic E-state index is -0.248. The number of carbonyl (C=O) groups is 1. The van der Waals surface area contributed by atoms with Crippen molar-refractivity contribution in [3.63, 3.8) is 0 Å². The number of H-pyrrole nitrogens is 1. The summed E-state index contributed by atoms with van der Waals surface area (Å²) in [5, 5.41) is 6.02. The fourth-order valence-corrected chi connectivity index (χ4v) is 3.08. The number of para-hydroxylation sites is 1. The summed E-state index contributed by atoms with van der Waals surface area (Å²) < 4.78 is 0. The molecule has 0 bridgehead atoms. The zero-order valence-electron chi connectivity index (χ0n) is 14.6. The van der Waals surface area contributed by atoms with E-state index in [9.17, 15) is 4.79 Å². The molecule has 0 saturated heterocycles. The smallest absolute Gasteiger partial charge is 0.272 e. The quantitative estimate of drug-likeness (QED) is 0.435. The molecule has 2 heterocycles. The molecular weight excluding hydrogens is 324 g/mol. The lowest BCUT2D eigenvalue weighted by Gasteiger charge is -2.07. The van der Waals surface area contributed by atoms with E-state index in [-0.39, 0.29) is 5.91 Å². The van der Waals surface area contributed by atoms with Crippen LogP contribution in [-0.4, -0.2) is 22.1 Å². The monoisotopic (exact) mass is 342 g/mol. The standard InChI is InChI=1S/C21H18N4O/c1-13-7-8-20-17(9-13)18(10-14(2)24-20)21(26)25-23-12-15-11-22-19-6-4-3-5-16(15)19/h3-12,22H,1-2H3,(H,25,26)/b23-12+. The second kappa shape index (κ2) is 6.44. The zero-order valence-corrected chi connectivity index (χ0v) is 14.6. The van der Waals surface area contributed by atoms with Crippen LogP contribution in [0, 0.1) is 13.8 Å². The lowest BCUT2D eigenvalue weighted by atomic mass is 10.1. The second-order valence-corrected chi connectivity index (χ2v) is 6.32. The Kier molecular flexibility index (Phi) is 3.97. The largest absolute Gasteiger partial charge is 0.361 e. The molecule has 26 heavy (non-hydrogen) atoms. The molecule has 1 amide bonds. The van der Waals surface area contributed by atoms with Crippen molar-refractivity contribution in [2.75, 3.05) is 0 Å². The number of hydrogen-bond acceptors (Lipinski definition) is 3. The third-order valence-corrected chi connectivity index (χ3v) is 4.33. The van der Waals surface area contributed by atoms with Gasteiger partial charge in [-0.15, -0.1) is 0 Å². The highest BCUT2D eigenvalue weighted by atomic mass is 16.2. The number of benzene rings is 2. The Morgan fingerprint density at radius 2 is 1.96 bits per heavy atom. The van der Waals surface area contributed by atoms with Gasteiger partial charge in [0.25, 0.3) is 5.91 Å². The van der Waals surface area contributed by atoms with Crippen LogP contribution < -0.4 is 5.43 Å². The molecule has 5 nitrogen and oxygen atoms in total. The van der Waals surface area contributed by atoms with Gasteiger partial charge in [-0.2, -0.15) is 5.10 Å². The third-order valence-electron chi connectivity index (χ3n) is 4.33. The summed E-state index contributed by atoms with van der Waals surface area (Å²) in [6.45, 7) is 3.88. The molecule has 0 aliphatic rings. The van der Waals surface area contributed by atoms with Crippen LogP contribution in [0.2, 0.25) is 0 Å². The van der Waals surface area contributed by atoms with Crippen LogP contribution in [0.3, 0.4) is 0 Å². The highest BCUT2D eigenvalue weighted by molar-refractivity contribution is 6.07. The van der Waals surface area contributed by atoms with E-state index in [1.54, 1.807) is 12.3 Å². The maximum absolute atomic E-state index is 12.7. The van der Waals surface area contributed by atoms with E-state index < -0.39 is 0 Å². The predicted molar refractivity (Wildman–Crippen MR) is 105 cm³/mol. The van der Waals surface area contributed by atoms with Crippen molar-refractivity contribution < 1.29 is 4.79 Å². The Morgan fingerprint density at radius 1 is 1.12 bits per heavy atom. The average molecular weight is 342 g/mol. The maximum atomic E-state index is 12.7. The maximum Gasteiger partial charge on any atom is 0.272 e. The van der Waals surface area contributed by atoms with E-state index in [1.165, 1.54) is 0 Å². The molecule has 2 N–H and O–H groups in total. The lowest BCUT2D eigenvalue weighted by molar-refractivity contribution is 0.0956. The highest BCUT2D eigenvalue weighted by Crippen LogP contribution is 2.20. The van der Waals surface area contributed by atoms with E-state index in [0.29, 0.717) is 5.56 Å². The van der Waals surface area contributed by atoms with Crippen molar-refractivity contribution >= 4 is 33.9 Å². The van der Waals surface area contributed by atoms with Crippen LogP contribution in [-0.2, 0) is 0 Å². The van der Waals surface area contributed by atoms with Crippen molar-refractivity contribution in [3.8, 4) is 0 Å². The molecule has 5 heteroatoms. The number of hydrazone groups is 1. The van der Waals surface area contributed by atoms with Crippen molar-refractivity contribution in [3.05, 3.63) is 77.1 Å². The van der Waals surface area contributed by atoms with Crippen molar-refractivity contribution in [2.24, 2.45) is 5.10 Å². The number of nitrogens with zero attached hydrogens (tertiary/aromatic N) is 2. The van der Waals surface area contributed by atoms with E-state index in [1.807, 2.05) is 62.5 Å². The minimum absolute atomic E-state index is 0.248. The molecule has 0 aliphatic carbocycles. The van der Waals surface area contributed by atoms with Crippen molar-refractivity contribution in [1.29, 1.82) is 0 Å². The van der Waals surface area contributed by atoms with Gasteiger partial charge in [-0.05, 0) is 38.1 Å². The summed E-state index contributed by atoms with van der Waals surface area (Å²) in [6, 6.07) is 15.6. The Bertz CT molecular complexity index is 1160. The van der Waals surface area contributed by atoms with Crippen molar-refractivity contribution in [2.45, 2.75) is 13.8 Å². The first kappa shape index (κ1) is 16.0. The van der Waals surface area contributed by atoms with Gasteiger partial charge in [-0.25, -0.2) is 5.43 Å². The Morgan fingerprint density at radius 3 is 2.85 bits per heavy atom. The molecule has 0 atom stereocenters. The molecule has 0 radical (unpaired) electrons. The summed E-state index contributed by atoms with van der Waals surface area (Å²) in [5.74, 6) is -0.248. The van der Waals surface area contributed by atoms with Gasteiger partial charge in [0.1, 0.15) is 0 Å². The first-order valence-electron chi connectivity index (χ1n) is 8.39. The van der Waals surface area contributed by atoms with Crippen LogP contribution >= 0.6 is 0 Å². The Balaban J connectivity index is 1.62. The van der Waals surface area contributed by atoms with Crippen LogP contribution in [0.1, 0.15) is 27.2 Å². The molecule has 2 aromatic heterocycles. The number of amides is 1. The normalized spacial score (nSPS) is 11.5. The topological polar surface area (TPSA) is 70.1 Å².